The summed E-state index contributed by atoms with van der Waals surface area (Å²) < 4.78 is 15.8. The molecule has 0 saturated carbocycles. The first kappa shape index (κ1) is 20.8. The molecule has 3 rings (SSSR count). The second kappa shape index (κ2) is 8.23. The number of nitrogens with one attached hydrogen (secondary N) is 1. The fourth-order valence-electron chi connectivity index (χ4n) is 2.96. The summed E-state index contributed by atoms with van der Waals surface area (Å²) in [7, 11) is 0. The molecular formula is C22H25NO6. The number of hydrogen-bond acceptors (Lipinski definition) is 7. The van der Waals surface area contributed by atoms with Crippen LogP contribution in [-0.4, -0.2) is 42.2 Å². The highest BCUT2D eigenvalue weighted by Crippen LogP contribution is 2.28. The zero-order valence-electron chi connectivity index (χ0n) is 16.7. The Balaban J connectivity index is 1.73. The number of para-hydroxylation sites is 1. The number of benzene rings is 2. The van der Waals surface area contributed by atoms with Gasteiger partial charge in [0.2, 0.25) is 0 Å². The molecule has 154 valence electrons. The van der Waals surface area contributed by atoms with E-state index in [2.05, 4.69) is 5.32 Å². The van der Waals surface area contributed by atoms with Crippen molar-refractivity contribution < 1.29 is 28.9 Å². The third-order valence-corrected chi connectivity index (χ3v) is 4.85. The van der Waals surface area contributed by atoms with Crippen molar-refractivity contribution in [1.29, 1.82) is 0 Å². The van der Waals surface area contributed by atoms with Gasteiger partial charge in [-0.15, -0.1) is 0 Å². The smallest absolute Gasteiger partial charge is 0.422 e. The average molecular weight is 399 g/mol. The number of ether oxygens (including phenoxy) is 3. The van der Waals surface area contributed by atoms with Crippen LogP contribution in [0.15, 0.2) is 54.6 Å². The van der Waals surface area contributed by atoms with E-state index in [4.69, 9.17) is 14.2 Å². The minimum absolute atomic E-state index is 0.247. The van der Waals surface area contributed by atoms with Crippen LogP contribution in [-0.2, 0) is 24.5 Å². The van der Waals surface area contributed by atoms with Gasteiger partial charge in [-0.3, -0.25) is 0 Å². The number of aryl methyl sites for hydroxylation is 1. The SMILES string of the molecule is Cc1ccc(C(C)(C)CNC2(C(O)COc3ccccc3)OC(=O)C(=O)O2)cc1. The summed E-state index contributed by atoms with van der Waals surface area (Å²) in [6, 6.07) is 16.9. The highest BCUT2D eigenvalue weighted by molar-refractivity contribution is 6.31. The van der Waals surface area contributed by atoms with E-state index in [-0.39, 0.29) is 13.2 Å². The Hall–Kier alpha value is -2.90. The minimum Gasteiger partial charge on any atom is -0.491 e. The summed E-state index contributed by atoms with van der Waals surface area (Å²) in [6.07, 6.45) is -1.44. The number of rotatable bonds is 8. The van der Waals surface area contributed by atoms with E-state index < -0.39 is 29.4 Å². The van der Waals surface area contributed by atoms with Crippen LogP contribution in [0.5, 0.6) is 5.75 Å². The third kappa shape index (κ3) is 4.75. The quantitative estimate of drug-likeness (QED) is 0.518. The standard InChI is InChI=1S/C22H25NO6/c1-15-9-11-16(12-10-15)21(2,3)14-23-22(28-19(25)20(26)29-22)18(24)13-27-17-7-5-4-6-8-17/h4-12,18,23-24H,13-14H2,1-3H3. The van der Waals surface area contributed by atoms with Crippen molar-refractivity contribution in [2.24, 2.45) is 0 Å². The van der Waals surface area contributed by atoms with Gasteiger partial charge >= 0.3 is 17.8 Å². The molecule has 1 unspecified atom stereocenters. The number of aliphatic hydroxyl groups excluding tert-OH is 1. The Labute approximate surface area is 169 Å². The summed E-state index contributed by atoms with van der Waals surface area (Å²) in [4.78, 5) is 23.4. The monoisotopic (exact) mass is 399 g/mol. The Morgan fingerprint density at radius 1 is 1.03 bits per heavy atom. The maximum atomic E-state index is 11.7. The van der Waals surface area contributed by atoms with E-state index in [1.165, 1.54) is 0 Å². The van der Waals surface area contributed by atoms with E-state index in [0.29, 0.717) is 5.75 Å². The first-order valence-electron chi connectivity index (χ1n) is 9.36. The molecule has 0 aromatic heterocycles. The fraction of sp³-hybridized carbons (Fsp3) is 0.364. The first-order valence-corrected chi connectivity index (χ1v) is 9.36. The van der Waals surface area contributed by atoms with E-state index in [0.717, 1.165) is 11.1 Å². The number of aliphatic hydroxyl groups is 1. The summed E-state index contributed by atoms with van der Waals surface area (Å²) in [5, 5.41) is 13.6. The molecule has 2 N–H and O–H groups in total. The summed E-state index contributed by atoms with van der Waals surface area (Å²) in [6.45, 7) is 6.00. The largest absolute Gasteiger partial charge is 0.491 e. The normalized spacial score (nSPS) is 16.8. The Kier molecular flexibility index (Phi) is 5.91. The van der Waals surface area contributed by atoms with Crippen LogP contribution in [0.3, 0.4) is 0 Å². The van der Waals surface area contributed by atoms with Crippen molar-refractivity contribution in [1.82, 2.24) is 5.32 Å². The van der Waals surface area contributed by atoms with Gasteiger partial charge in [0.1, 0.15) is 12.4 Å². The number of esters is 2. The molecule has 1 aliphatic rings. The second-order valence-corrected chi connectivity index (χ2v) is 7.69. The van der Waals surface area contributed by atoms with Gasteiger partial charge in [-0.05, 0) is 24.6 Å². The highest BCUT2D eigenvalue weighted by atomic mass is 16.8. The molecule has 29 heavy (non-hydrogen) atoms. The number of carbonyl (C=O) groups excluding carboxylic acids is 2. The van der Waals surface area contributed by atoms with Crippen LogP contribution < -0.4 is 10.1 Å². The minimum atomic E-state index is -2.01. The third-order valence-electron chi connectivity index (χ3n) is 4.85. The average Bonchev–Trinajstić information content (AvgIpc) is 3.01. The Morgan fingerprint density at radius 2 is 1.62 bits per heavy atom. The van der Waals surface area contributed by atoms with Gasteiger partial charge in [-0.25, -0.2) is 14.9 Å². The van der Waals surface area contributed by atoms with E-state index in [1.54, 1.807) is 24.3 Å². The Bertz CT molecular complexity index is 847. The van der Waals surface area contributed by atoms with E-state index >= 15 is 0 Å². The maximum Gasteiger partial charge on any atom is 0.422 e. The zero-order chi connectivity index (χ0) is 21.1. The summed E-state index contributed by atoms with van der Waals surface area (Å²) in [5.41, 5.74) is 1.78. The van der Waals surface area contributed by atoms with Gasteiger partial charge in [0, 0.05) is 12.0 Å². The topological polar surface area (TPSA) is 94.1 Å². The molecule has 1 saturated heterocycles. The van der Waals surface area contributed by atoms with Crippen molar-refractivity contribution in [2.45, 2.75) is 38.2 Å². The maximum absolute atomic E-state index is 11.7. The lowest BCUT2D eigenvalue weighted by Gasteiger charge is -2.35. The van der Waals surface area contributed by atoms with E-state index in [9.17, 15) is 14.7 Å². The molecular weight excluding hydrogens is 374 g/mol. The van der Waals surface area contributed by atoms with E-state index in [1.807, 2.05) is 51.1 Å². The molecule has 2 aromatic rings. The molecule has 0 aliphatic carbocycles. The predicted molar refractivity (Wildman–Crippen MR) is 105 cm³/mol. The van der Waals surface area contributed by atoms with Crippen molar-refractivity contribution in [2.75, 3.05) is 13.2 Å². The molecule has 0 bridgehead atoms. The molecule has 7 nitrogen and oxygen atoms in total. The molecule has 0 radical (unpaired) electrons. The van der Waals surface area contributed by atoms with Crippen LogP contribution in [0, 0.1) is 6.92 Å². The summed E-state index contributed by atoms with van der Waals surface area (Å²) >= 11 is 0. The molecule has 1 heterocycles. The van der Waals surface area contributed by atoms with Gasteiger partial charge < -0.3 is 19.3 Å². The first-order chi connectivity index (χ1) is 13.7. The van der Waals surface area contributed by atoms with Crippen molar-refractivity contribution in [3.8, 4) is 5.75 Å². The fourth-order valence-corrected chi connectivity index (χ4v) is 2.96. The number of carbonyl (C=O) groups is 2. The zero-order valence-corrected chi connectivity index (χ0v) is 16.7. The van der Waals surface area contributed by atoms with Gasteiger partial charge in [0.25, 0.3) is 0 Å². The Morgan fingerprint density at radius 3 is 2.21 bits per heavy atom. The van der Waals surface area contributed by atoms with Gasteiger partial charge in [-0.2, -0.15) is 0 Å². The van der Waals surface area contributed by atoms with Crippen LogP contribution in [0.4, 0.5) is 0 Å². The lowest BCUT2D eigenvalue weighted by Crippen LogP contribution is -2.60. The number of hydrogen-bond donors (Lipinski definition) is 2. The van der Waals surface area contributed by atoms with Gasteiger partial charge in [0.05, 0.1) is 0 Å². The van der Waals surface area contributed by atoms with Crippen LogP contribution in [0.2, 0.25) is 0 Å². The highest BCUT2D eigenvalue weighted by Gasteiger charge is 2.55. The van der Waals surface area contributed by atoms with Gasteiger partial charge in [0.15, 0.2) is 6.10 Å². The van der Waals surface area contributed by atoms with Crippen molar-refractivity contribution in [3.05, 3.63) is 65.7 Å². The lowest BCUT2D eigenvalue weighted by atomic mass is 9.84. The molecule has 1 atom stereocenters. The molecule has 0 amide bonds. The van der Waals surface area contributed by atoms with Gasteiger partial charge in [-0.1, -0.05) is 61.9 Å². The van der Waals surface area contributed by atoms with Crippen molar-refractivity contribution in [3.63, 3.8) is 0 Å². The molecule has 1 aliphatic heterocycles. The van der Waals surface area contributed by atoms with Crippen molar-refractivity contribution >= 4 is 11.9 Å². The van der Waals surface area contributed by atoms with Crippen LogP contribution in [0.1, 0.15) is 25.0 Å². The molecule has 2 aromatic carbocycles. The van der Waals surface area contributed by atoms with Crippen LogP contribution in [0.25, 0.3) is 0 Å². The lowest BCUT2D eigenvalue weighted by molar-refractivity contribution is -0.241. The molecule has 7 heteroatoms. The number of cyclic esters (lactones) is 2. The molecule has 1 fully saturated rings. The predicted octanol–water partition coefficient (Wildman–Crippen LogP) is 2.06. The van der Waals surface area contributed by atoms with Crippen LogP contribution >= 0.6 is 0 Å². The summed E-state index contributed by atoms with van der Waals surface area (Å²) in [5.74, 6) is -3.81. The molecule has 0 spiro atoms. The second-order valence-electron chi connectivity index (χ2n) is 7.69.